The van der Waals surface area contributed by atoms with Crippen molar-refractivity contribution in [3.63, 3.8) is 0 Å². The molecule has 17 heavy (non-hydrogen) atoms. The maximum atomic E-state index is 11.7. The molecule has 0 spiro atoms. The highest BCUT2D eigenvalue weighted by Gasteiger charge is 2.18. The predicted octanol–water partition coefficient (Wildman–Crippen LogP) is 1.75. The van der Waals surface area contributed by atoms with Crippen molar-refractivity contribution >= 4 is 10.0 Å². The highest BCUT2D eigenvalue weighted by Crippen LogP contribution is 2.19. The molecule has 0 radical (unpaired) electrons. The van der Waals surface area contributed by atoms with Gasteiger partial charge in [0.25, 0.3) is 0 Å². The third-order valence-corrected chi connectivity index (χ3v) is 3.86. The van der Waals surface area contributed by atoms with E-state index in [1.54, 1.807) is 6.92 Å². The number of nitrogens with one attached hydrogen (secondary N) is 1. The van der Waals surface area contributed by atoms with Crippen LogP contribution in [0.25, 0.3) is 0 Å². The summed E-state index contributed by atoms with van der Waals surface area (Å²) in [6.07, 6.45) is 0.874. The van der Waals surface area contributed by atoms with Gasteiger partial charge in [0.2, 0.25) is 10.0 Å². The molecular weight excluding hydrogens is 238 g/mol. The van der Waals surface area contributed by atoms with Gasteiger partial charge in [0, 0.05) is 6.54 Å². The van der Waals surface area contributed by atoms with Gasteiger partial charge in [0.1, 0.15) is 0 Å². The second kappa shape index (κ2) is 6.71. The van der Waals surface area contributed by atoms with Crippen molar-refractivity contribution in [3.05, 3.63) is 0 Å². The lowest BCUT2D eigenvalue weighted by atomic mass is 9.94. The van der Waals surface area contributed by atoms with Gasteiger partial charge < -0.3 is 5.11 Å². The SMILES string of the molecule is CC(O)CC(C)CNS(=O)(=O)CCC(C)(C)C. The molecule has 0 bridgehead atoms. The van der Waals surface area contributed by atoms with Gasteiger partial charge in [0.05, 0.1) is 11.9 Å². The third kappa shape index (κ3) is 10.7. The monoisotopic (exact) mass is 265 g/mol. The van der Waals surface area contributed by atoms with Crippen LogP contribution in [0.1, 0.15) is 47.5 Å². The van der Waals surface area contributed by atoms with Crippen LogP contribution in [-0.4, -0.2) is 31.9 Å². The van der Waals surface area contributed by atoms with E-state index in [1.165, 1.54) is 0 Å². The molecule has 2 unspecified atom stereocenters. The molecule has 0 heterocycles. The minimum Gasteiger partial charge on any atom is -0.393 e. The number of aliphatic hydroxyl groups excluding tert-OH is 1. The van der Waals surface area contributed by atoms with Gasteiger partial charge >= 0.3 is 0 Å². The van der Waals surface area contributed by atoms with Crippen LogP contribution in [0.3, 0.4) is 0 Å². The first-order valence-corrected chi connectivity index (χ1v) is 7.82. The largest absolute Gasteiger partial charge is 0.393 e. The Morgan fingerprint density at radius 1 is 1.24 bits per heavy atom. The molecule has 0 fully saturated rings. The number of rotatable bonds is 7. The van der Waals surface area contributed by atoms with Crippen LogP contribution in [0.5, 0.6) is 0 Å². The maximum absolute atomic E-state index is 11.7. The summed E-state index contributed by atoms with van der Waals surface area (Å²) < 4.78 is 26.0. The molecule has 0 aliphatic rings. The topological polar surface area (TPSA) is 66.4 Å². The smallest absolute Gasteiger partial charge is 0.211 e. The van der Waals surface area contributed by atoms with Gasteiger partial charge in [-0.3, -0.25) is 0 Å². The van der Waals surface area contributed by atoms with E-state index in [1.807, 2.05) is 27.7 Å². The maximum Gasteiger partial charge on any atom is 0.211 e. The molecule has 2 N–H and O–H groups in total. The fourth-order valence-electron chi connectivity index (χ4n) is 1.45. The fraction of sp³-hybridized carbons (Fsp3) is 1.00. The zero-order valence-electron chi connectivity index (χ0n) is 11.7. The predicted molar refractivity (Wildman–Crippen MR) is 71.3 cm³/mol. The van der Waals surface area contributed by atoms with Crippen molar-refractivity contribution in [3.8, 4) is 0 Å². The van der Waals surface area contributed by atoms with Crippen molar-refractivity contribution in [2.75, 3.05) is 12.3 Å². The Morgan fingerprint density at radius 2 is 1.76 bits per heavy atom. The average Bonchev–Trinajstić information content (AvgIpc) is 2.10. The molecule has 0 aliphatic carbocycles. The van der Waals surface area contributed by atoms with E-state index < -0.39 is 10.0 Å². The Morgan fingerprint density at radius 3 is 2.18 bits per heavy atom. The summed E-state index contributed by atoms with van der Waals surface area (Å²) in [5.74, 6) is 0.317. The van der Waals surface area contributed by atoms with Crippen molar-refractivity contribution in [1.82, 2.24) is 4.72 Å². The molecule has 0 amide bonds. The Bertz CT molecular complexity index is 304. The average molecular weight is 265 g/mol. The summed E-state index contributed by atoms with van der Waals surface area (Å²) in [6, 6.07) is 0. The van der Waals surface area contributed by atoms with E-state index in [2.05, 4.69) is 4.72 Å². The summed E-state index contributed by atoms with van der Waals surface area (Å²) in [5, 5.41) is 9.19. The van der Waals surface area contributed by atoms with E-state index in [4.69, 9.17) is 0 Å². The molecule has 0 saturated heterocycles. The molecule has 4 nitrogen and oxygen atoms in total. The van der Waals surface area contributed by atoms with Crippen molar-refractivity contribution in [2.45, 2.75) is 53.6 Å². The third-order valence-electron chi connectivity index (χ3n) is 2.52. The lowest BCUT2D eigenvalue weighted by Gasteiger charge is -2.19. The summed E-state index contributed by atoms with van der Waals surface area (Å²) in [7, 11) is -3.18. The molecule has 5 heteroatoms. The van der Waals surface area contributed by atoms with Crippen molar-refractivity contribution in [1.29, 1.82) is 0 Å². The quantitative estimate of drug-likeness (QED) is 0.737. The van der Waals surface area contributed by atoms with Crippen LogP contribution < -0.4 is 4.72 Å². The van der Waals surface area contributed by atoms with E-state index in [-0.39, 0.29) is 23.2 Å². The Labute approximate surface area is 106 Å². The molecule has 0 aliphatic heterocycles. The van der Waals surface area contributed by atoms with Gasteiger partial charge in [-0.1, -0.05) is 27.7 Å². The van der Waals surface area contributed by atoms with Gasteiger partial charge in [0.15, 0.2) is 0 Å². The Hall–Kier alpha value is -0.130. The molecular formula is C12H27NO3S. The van der Waals surface area contributed by atoms with Crippen molar-refractivity contribution in [2.24, 2.45) is 11.3 Å². The van der Waals surface area contributed by atoms with E-state index in [0.717, 1.165) is 0 Å². The van der Waals surface area contributed by atoms with E-state index in [9.17, 15) is 13.5 Å². The van der Waals surface area contributed by atoms with Crippen LogP contribution in [0.4, 0.5) is 0 Å². The number of hydrogen-bond donors (Lipinski definition) is 2. The standard InChI is InChI=1S/C12H27NO3S/c1-10(8-11(2)14)9-13-17(15,16)7-6-12(3,4)5/h10-11,13-14H,6-9H2,1-5H3. The van der Waals surface area contributed by atoms with Crippen molar-refractivity contribution < 1.29 is 13.5 Å². The minimum absolute atomic E-state index is 0.0278. The molecule has 0 aromatic heterocycles. The van der Waals surface area contributed by atoms with Crippen LogP contribution in [-0.2, 0) is 10.0 Å². The van der Waals surface area contributed by atoms with E-state index in [0.29, 0.717) is 19.4 Å². The first kappa shape index (κ1) is 16.9. The minimum atomic E-state index is -3.18. The molecule has 0 rings (SSSR count). The second-order valence-corrected chi connectivity index (χ2v) is 8.09. The zero-order valence-corrected chi connectivity index (χ0v) is 12.5. The summed E-state index contributed by atoms with van der Waals surface area (Å²) in [6.45, 7) is 10.1. The number of hydrogen-bond acceptors (Lipinski definition) is 3. The van der Waals surface area contributed by atoms with E-state index >= 15 is 0 Å². The van der Waals surface area contributed by atoms with Gasteiger partial charge in [-0.15, -0.1) is 0 Å². The molecule has 0 aromatic carbocycles. The Kier molecular flexibility index (Phi) is 6.66. The molecule has 2 atom stereocenters. The van der Waals surface area contributed by atoms with Crippen LogP contribution in [0, 0.1) is 11.3 Å². The summed E-state index contributed by atoms with van der Waals surface area (Å²) >= 11 is 0. The number of sulfonamides is 1. The first-order chi connectivity index (χ1) is 7.52. The second-order valence-electron chi connectivity index (χ2n) is 6.17. The van der Waals surface area contributed by atoms with Gasteiger partial charge in [-0.25, -0.2) is 13.1 Å². The Balaban J connectivity index is 4.02. The van der Waals surface area contributed by atoms with Crippen LogP contribution >= 0.6 is 0 Å². The molecule has 0 saturated carbocycles. The zero-order chi connectivity index (χ0) is 13.7. The normalized spacial score (nSPS) is 16.8. The highest BCUT2D eigenvalue weighted by molar-refractivity contribution is 7.89. The van der Waals surface area contributed by atoms with Crippen LogP contribution in [0.15, 0.2) is 0 Å². The van der Waals surface area contributed by atoms with Crippen LogP contribution in [0.2, 0.25) is 0 Å². The van der Waals surface area contributed by atoms with Gasteiger partial charge in [-0.05, 0) is 31.1 Å². The fourth-order valence-corrected chi connectivity index (χ4v) is 3.01. The molecule has 0 aromatic rings. The molecule has 104 valence electrons. The first-order valence-electron chi connectivity index (χ1n) is 6.17. The number of aliphatic hydroxyl groups is 1. The van der Waals surface area contributed by atoms with Gasteiger partial charge in [-0.2, -0.15) is 0 Å². The highest BCUT2D eigenvalue weighted by atomic mass is 32.2. The lowest BCUT2D eigenvalue weighted by molar-refractivity contribution is 0.165. The summed E-state index contributed by atoms with van der Waals surface area (Å²) in [5.41, 5.74) is 0.0278. The lowest BCUT2D eigenvalue weighted by Crippen LogP contribution is -2.32. The summed E-state index contributed by atoms with van der Waals surface area (Å²) in [4.78, 5) is 0.